The monoisotopic (exact) mass is 314 g/mol. The summed E-state index contributed by atoms with van der Waals surface area (Å²) in [4.78, 5) is 11.9. The summed E-state index contributed by atoms with van der Waals surface area (Å²) < 4.78 is 8.21. The fraction of sp³-hybridized carbons (Fsp3) is 0.615. The minimum Gasteiger partial charge on any atom is -0.377 e. The summed E-state index contributed by atoms with van der Waals surface area (Å²) in [6, 6.07) is 1.85. The van der Waals surface area contributed by atoms with Crippen molar-refractivity contribution in [3.63, 3.8) is 0 Å². The van der Waals surface area contributed by atoms with Crippen molar-refractivity contribution in [2.45, 2.75) is 32.4 Å². The highest BCUT2D eigenvalue weighted by atomic mass is 79.9. The molecule has 0 radical (unpaired) electrons. The molecule has 2 heterocycles. The molecule has 0 saturated carbocycles. The van der Waals surface area contributed by atoms with Crippen LogP contribution in [0.2, 0.25) is 0 Å². The van der Waals surface area contributed by atoms with Crippen LogP contribution in [0.5, 0.6) is 0 Å². The number of halogens is 1. The number of aromatic nitrogens is 1. The summed E-state index contributed by atoms with van der Waals surface area (Å²) in [5, 5.41) is 3.34. The molecule has 4 nitrogen and oxygen atoms in total. The predicted octanol–water partition coefficient (Wildman–Crippen LogP) is 1.69. The van der Waals surface area contributed by atoms with Crippen LogP contribution in [0.4, 0.5) is 0 Å². The van der Waals surface area contributed by atoms with Crippen LogP contribution < -0.4 is 10.9 Å². The Morgan fingerprint density at radius 1 is 1.61 bits per heavy atom. The van der Waals surface area contributed by atoms with Crippen molar-refractivity contribution >= 4 is 15.9 Å². The van der Waals surface area contributed by atoms with Crippen LogP contribution in [0.15, 0.2) is 21.5 Å². The van der Waals surface area contributed by atoms with Gasteiger partial charge in [-0.2, -0.15) is 0 Å². The minimum absolute atomic E-state index is 0.0807. The normalized spacial score (nSPS) is 19.3. The topological polar surface area (TPSA) is 43.3 Å². The molecule has 1 aromatic rings. The van der Waals surface area contributed by atoms with Gasteiger partial charge in [0.05, 0.1) is 6.10 Å². The Hall–Kier alpha value is -0.650. The van der Waals surface area contributed by atoms with E-state index in [1.807, 2.05) is 19.2 Å². The molecule has 1 aliphatic rings. The van der Waals surface area contributed by atoms with Gasteiger partial charge in [0.25, 0.3) is 5.56 Å². The van der Waals surface area contributed by atoms with Crippen LogP contribution in [0.1, 0.15) is 18.4 Å². The SMILES string of the molecule is Cc1cc(Br)cn(CCNCC2CCCO2)c1=O. The zero-order valence-electron chi connectivity index (χ0n) is 10.6. The molecule has 18 heavy (non-hydrogen) atoms. The van der Waals surface area contributed by atoms with Gasteiger partial charge in [-0.05, 0) is 41.8 Å². The fourth-order valence-electron chi connectivity index (χ4n) is 2.17. The smallest absolute Gasteiger partial charge is 0.253 e. The molecule has 5 heteroatoms. The first-order chi connectivity index (χ1) is 8.66. The van der Waals surface area contributed by atoms with Gasteiger partial charge in [0.15, 0.2) is 0 Å². The number of rotatable bonds is 5. The second kappa shape index (κ2) is 6.50. The van der Waals surface area contributed by atoms with E-state index in [1.165, 1.54) is 0 Å². The molecule has 100 valence electrons. The van der Waals surface area contributed by atoms with Crippen molar-refractivity contribution in [1.82, 2.24) is 9.88 Å². The molecule has 2 rings (SSSR count). The molecule has 0 aromatic carbocycles. The van der Waals surface area contributed by atoms with Crippen LogP contribution in [0.3, 0.4) is 0 Å². The van der Waals surface area contributed by atoms with Crippen molar-refractivity contribution < 1.29 is 4.74 Å². The van der Waals surface area contributed by atoms with Crippen molar-refractivity contribution in [2.24, 2.45) is 0 Å². The Bertz CT molecular complexity index is 453. The van der Waals surface area contributed by atoms with E-state index in [0.29, 0.717) is 12.6 Å². The molecular weight excluding hydrogens is 296 g/mol. The summed E-state index contributed by atoms with van der Waals surface area (Å²) >= 11 is 3.41. The Labute approximate surface area is 115 Å². The maximum Gasteiger partial charge on any atom is 0.253 e. The Balaban J connectivity index is 1.81. The summed E-state index contributed by atoms with van der Waals surface area (Å²) in [5.74, 6) is 0. The van der Waals surface area contributed by atoms with Crippen LogP contribution in [-0.4, -0.2) is 30.4 Å². The van der Waals surface area contributed by atoms with Crippen molar-refractivity contribution in [2.75, 3.05) is 19.7 Å². The van der Waals surface area contributed by atoms with E-state index in [9.17, 15) is 4.79 Å². The Morgan fingerprint density at radius 3 is 3.17 bits per heavy atom. The van der Waals surface area contributed by atoms with Crippen LogP contribution in [-0.2, 0) is 11.3 Å². The first kappa shape index (κ1) is 13.8. The van der Waals surface area contributed by atoms with E-state index in [4.69, 9.17) is 4.74 Å². The number of pyridine rings is 1. The highest BCUT2D eigenvalue weighted by molar-refractivity contribution is 9.10. The zero-order chi connectivity index (χ0) is 13.0. The second-order valence-electron chi connectivity index (χ2n) is 4.68. The molecule has 1 N–H and O–H groups in total. The van der Waals surface area contributed by atoms with Gasteiger partial charge in [0.1, 0.15) is 0 Å². The molecule has 0 aliphatic carbocycles. The van der Waals surface area contributed by atoms with E-state index < -0.39 is 0 Å². The third-order valence-corrected chi connectivity index (χ3v) is 3.59. The zero-order valence-corrected chi connectivity index (χ0v) is 12.2. The van der Waals surface area contributed by atoms with Crippen molar-refractivity contribution in [1.29, 1.82) is 0 Å². The molecule has 1 saturated heterocycles. The number of aryl methyl sites for hydroxylation is 1. The Morgan fingerprint density at radius 2 is 2.44 bits per heavy atom. The average Bonchev–Trinajstić information content (AvgIpc) is 2.83. The molecular formula is C13H19BrN2O2. The standard InChI is InChI=1S/C13H19BrN2O2/c1-10-7-11(14)9-16(13(10)17)5-4-15-8-12-3-2-6-18-12/h7,9,12,15H,2-6,8H2,1H3. The van der Waals surface area contributed by atoms with Gasteiger partial charge >= 0.3 is 0 Å². The number of nitrogens with one attached hydrogen (secondary N) is 1. The maximum atomic E-state index is 11.9. The lowest BCUT2D eigenvalue weighted by atomic mass is 10.2. The van der Waals surface area contributed by atoms with Gasteiger partial charge in [-0.3, -0.25) is 4.79 Å². The first-order valence-corrected chi connectivity index (χ1v) is 7.15. The third-order valence-electron chi connectivity index (χ3n) is 3.16. The van der Waals surface area contributed by atoms with E-state index >= 15 is 0 Å². The number of ether oxygens (including phenoxy) is 1. The van der Waals surface area contributed by atoms with Gasteiger partial charge in [-0.1, -0.05) is 0 Å². The molecule has 1 atom stereocenters. The summed E-state index contributed by atoms with van der Waals surface area (Å²) in [6.07, 6.45) is 4.49. The molecule has 1 fully saturated rings. The lowest BCUT2D eigenvalue weighted by Gasteiger charge is -2.12. The van der Waals surface area contributed by atoms with Crippen molar-refractivity contribution in [3.8, 4) is 0 Å². The molecule has 1 unspecified atom stereocenters. The maximum absolute atomic E-state index is 11.9. The third kappa shape index (κ3) is 3.67. The van der Waals surface area contributed by atoms with E-state index in [1.54, 1.807) is 4.57 Å². The molecule has 1 aliphatic heterocycles. The number of hydrogen-bond acceptors (Lipinski definition) is 3. The van der Waals surface area contributed by atoms with Gasteiger partial charge in [0, 0.05) is 42.5 Å². The van der Waals surface area contributed by atoms with Gasteiger partial charge < -0.3 is 14.6 Å². The molecule has 0 spiro atoms. The van der Waals surface area contributed by atoms with Crippen molar-refractivity contribution in [3.05, 3.63) is 32.7 Å². The first-order valence-electron chi connectivity index (χ1n) is 6.36. The van der Waals surface area contributed by atoms with Gasteiger partial charge in [-0.25, -0.2) is 0 Å². The highest BCUT2D eigenvalue weighted by Crippen LogP contribution is 2.10. The summed E-state index contributed by atoms with van der Waals surface area (Å²) in [6.45, 7) is 5.07. The van der Waals surface area contributed by atoms with Crippen LogP contribution >= 0.6 is 15.9 Å². The highest BCUT2D eigenvalue weighted by Gasteiger charge is 2.14. The largest absolute Gasteiger partial charge is 0.377 e. The molecule has 0 amide bonds. The quantitative estimate of drug-likeness (QED) is 0.841. The van der Waals surface area contributed by atoms with E-state index in [-0.39, 0.29) is 5.56 Å². The van der Waals surface area contributed by atoms with Crippen LogP contribution in [0.25, 0.3) is 0 Å². The summed E-state index contributed by atoms with van der Waals surface area (Å²) in [5.41, 5.74) is 0.848. The molecule has 0 bridgehead atoms. The average molecular weight is 315 g/mol. The number of hydrogen-bond donors (Lipinski definition) is 1. The van der Waals surface area contributed by atoms with Crippen LogP contribution in [0, 0.1) is 6.92 Å². The number of nitrogens with zero attached hydrogens (tertiary/aromatic N) is 1. The van der Waals surface area contributed by atoms with Gasteiger partial charge in [-0.15, -0.1) is 0 Å². The lowest BCUT2D eigenvalue weighted by Crippen LogP contribution is -2.32. The van der Waals surface area contributed by atoms with Gasteiger partial charge in [0.2, 0.25) is 0 Å². The predicted molar refractivity (Wildman–Crippen MR) is 75.0 cm³/mol. The molecule has 1 aromatic heterocycles. The Kier molecular flexibility index (Phi) is 4.97. The van der Waals surface area contributed by atoms with E-state index in [2.05, 4.69) is 21.2 Å². The van der Waals surface area contributed by atoms with E-state index in [0.717, 1.165) is 42.6 Å². The summed E-state index contributed by atoms with van der Waals surface area (Å²) in [7, 11) is 0. The minimum atomic E-state index is 0.0807. The fourth-order valence-corrected chi connectivity index (χ4v) is 2.76. The second-order valence-corrected chi connectivity index (χ2v) is 5.59. The lowest BCUT2D eigenvalue weighted by molar-refractivity contribution is 0.110.